The summed E-state index contributed by atoms with van der Waals surface area (Å²) in [7, 11) is 4.10. The Hall–Kier alpha value is -0.350. The van der Waals surface area contributed by atoms with Crippen LogP contribution in [0.3, 0.4) is 0 Å². The molecule has 0 spiro atoms. The lowest BCUT2D eigenvalue weighted by molar-refractivity contribution is -0.907. The van der Waals surface area contributed by atoms with Gasteiger partial charge in [-0.25, -0.2) is 4.79 Å². The predicted octanol–water partition coefficient (Wildman–Crippen LogP) is -1.45. The molecule has 84 valence electrons. The number of hydrogen-bond donors (Lipinski definition) is 0. The fourth-order valence-electron chi connectivity index (χ4n) is 0.948. The fourth-order valence-corrected chi connectivity index (χ4v) is 0.948. The number of quaternary nitrogens is 1. The zero-order chi connectivity index (χ0) is 10.3. The van der Waals surface area contributed by atoms with Crippen LogP contribution in [0, 0.1) is 0 Å². The summed E-state index contributed by atoms with van der Waals surface area (Å²) in [5, 5.41) is 0. The van der Waals surface area contributed by atoms with Crippen molar-refractivity contribution in [3.8, 4) is 0 Å². The molecule has 0 aliphatic carbocycles. The summed E-state index contributed by atoms with van der Waals surface area (Å²) in [5.41, 5.74) is 0. The first-order valence-corrected chi connectivity index (χ1v) is 4.63. The molecule has 0 saturated heterocycles. The van der Waals surface area contributed by atoms with Crippen LogP contribution < -0.4 is 17.0 Å². The zero-order valence-electron chi connectivity index (χ0n) is 9.25. The number of hydrogen-bond acceptors (Lipinski definition) is 2. The number of esters is 1. The van der Waals surface area contributed by atoms with Gasteiger partial charge in [0.25, 0.3) is 0 Å². The van der Waals surface area contributed by atoms with Crippen LogP contribution in [0.1, 0.15) is 19.8 Å². The molecule has 0 aromatic carbocycles. The summed E-state index contributed by atoms with van der Waals surface area (Å²) in [4.78, 5) is 10.8. The van der Waals surface area contributed by atoms with E-state index >= 15 is 0 Å². The lowest BCUT2D eigenvalue weighted by atomic mass is 10.3. The number of unbranched alkanes of at least 4 members (excludes halogenated alkanes) is 1. The lowest BCUT2D eigenvalue weighted by Crippen LogP contribution is -3.00. The quantitative estimate of drug-likeness (QED) is 0.254. The zero-order valence-corrected chi connectivity index (χ0v) is 10.8. The second-order valence-corrected chi connectivity index (χ2v) is 3.81. The third-order valence-electron chi connectivity index (χ3n) is 1.84. The van der Waals surface area contributed by atoms with Gasteiger partial charge in [0, 0.05) is 6.08 Å². The fraction of sp³-hybridized carbons (Fsp3) is 0.700. The van der Waals surface area contributed by atoms with Crippen LogP contribution in [0.5, 0.6) is 0 Å². The number of nitrogens with zero attached hydrogens (tertiary/aromatic N) is 1. The highest BCUT2D eigenvalue weighted by Gasteiger charge is 2.15. The molecule has 0 saturated carbocycles. The summed E-state index contributed by atoms with van der Waals surface area (Å²) in [5.74, 6) is -0.345. The normalized spacial score (nSPS) is 10.2. The highest BCUT2D eigenvalue weighted by atomic mass is 79.9. The Morgan fingerprint density at radius 2 is 2.07 bits per heavy atom. The van der Waals surface area contributed by atoms with Crippen molar-refractivity contribution in [1.29, 1.82) is 0 Å². The molecular formula is C10H20BrNO2. The summed E-state index contributed by atoms with van der Waals surface area (Å²) < 4.78 is 5.68. The average molecular weight is 266 g/mol. The molecule has 0 heterocycles. The first-order chi connectivity index (χ1) is 6.02. The van der Waals surface area contributed by atoms with E-state index < -0.39 is 0 Å². The Morgan fingerprint density at radius 1 is 1.50 bits per heavy atom. The van der Waals surface area contributed by atoms with Gasteiger partial charge in [-0.2, -0.15) is 0 Å². The van der Waals surface area contributed by atoms with E-state index in [1.54, 1.807) is 0 Å². The maximum absolute atomic E-state index is 10.8. The van der Waals surface area contributed by atoms with Crippen molar-refractivity contribution < 1.29 is 31.0 Å². The van der Waals surface area contributed by atoms with E-state index in [4.69, 9.17) is 4.74 Å². The minimum atomic E-state index is -0.345. The molecule has 0 aromatic heterocycles. The molecule has 0 N–H and O–H groups in total. The minimum absolute atomic E-state index is 0. The van der Waals surface area contributed by atoms with Crippen LogP contribution in [-0.2, 0) is 9.53 Å². The Labute approximate surface area is 97.1 Å². The molecule has 4 heteroatoms. The molecule has 0 amide bonds. The first-order valence-electron chi connectivity index (χ1n) is 4.63. The SMILES string of the molecule is C=CC(=O)OC[N+](C)(C)CCCC.[Br-]. The van der Waals surface area contributed by atoms with Crippen LogP contribution in [0.2, 0.25) is 0 Å². The Bertz CT molecular complexity index is 181. The third kappa shape index (κ3) is 8.26. The number of carbonyl (C=O) groups is 1. The maximum atomic E-state index is 10.8. The van der Waals surface area contributed by atoms with E-state index in [0.717, 1.165) is 19.4 Å². The summed E-state index contributed by atoms with van der Waals surface area (Å²) >= 11 is 0. The molecule has 0 aliphatic rings. The van der Waals surface area contributed by atoms with Crippen LogP contribution in [0.25, 0.3) is 0 Å². The molecule has 0 aliphatic heterocycles. The molecule has 0 unspecified atom stereocenters. The van der Waals surface area contributed by atoms with Gasteiger partial charge >= 0.3 is 5.97 Å². The standard InChI is InChI=1S/C10H20NO2.BrH/c1-5-7-8-11(3,4)9-13-10(12)6-2;/h6H,2,5,7-9H2,1,3-4H3;1H/q+1;/p-1. The molecule has 0 bridgehead atoms. The van der Waals surface area contributed by atoms with Crippen molar-refractivity contribution >= 4 is 5.97 Å². The van der Waals surface area contributed by atoms with Crippen LogP contribution in [-0.4, -0.2) is 37.8 Å². The van der Waals surface area contributed by atoms with Gasteiger partial charge in [-0.3, -0.25) is 4.48 Å². The van der Waals surface area contributed by atoms with Crippen LogP contribution >= 0.6 is 0 Å². The number of rotatable bonds is 6. The van der Waals surface area contributed by atoms with Crippen molar-refractivity contribution in [2.24, 2.45) is 0 Å². The minimum Gasteiger partial charge on any atom is -1.00 e. The van der Waals surface area contributed by atoms with Crippen LogP contribution in [0.15, 0.2) is 12.7 Å². The molecule has 0 rings (SSSR count). The van der Waals surface area contributed by atoms with Gasteiger partial charge in [0.15, 0.2) is 0 Å². The monoisotopic (exact) mass is 265 g/mol. The lowest BCUT2D eigenvalue weighted by Gasteiger charge is -2.28. The van der Waals surface area contributed by atoms with Crippen molar-refractivity contribution in [1.82, 2.24) is 0 Å². The van der Waals surface area contributed by atoms with Gasteiger partial charge < -0.3 is 21.7 Å². The van der Waals surface area contributed by atoms with E-state index in [1.807, 2.05) is 14.1 Å². The number of ether oxygens (including phenoxy) is 1. The van der Waals surface area contributed by atoms with Gasteiger partial charge in [-0.15, -0.1) is 0 Å². The second kappa shape index (κ2) is 8.00. The molecule has 0 aromatic rings. The van der Waals surface area contributed by atoms with Gasteiger partial charge in [0.1, 0.15) is 0 Å². The molecule has 3 nitrogen and oxygen atoms in total. The van der Waals surface area contributed by atoms with Crippen LogP contribution in [0.4, 0.5) is 0 Å². The van der Waals surface area contributed by atoms with Crippen molar-refractivity contribution in [2.75, 3.05) is 27.4 Å². The molecule has 0 atom stereocenters. The Kier molecular flexibility index (Phi) is 9.20. The molecular weight excluding hydrogens is 246 g/mol. The van der Waals surface area contributed by atoms with Crippen molar-refractivity contribution in [2.45, 2.75) is 19.8 Å². The highest BCUT2D eigenvalue weighted by molar-refractivity contribution is 5.81. The van der Waals surface area contributed by atoms with Gasteiger partial charge in [0.05, 0.1) is 20.6 Å². The second-order valence-electron chi connectivity index (χ2n) is 3.81. The summed E-state index contributed by atoms with van der Waals surface area (Å²) in [6, 6.07) is 0. The van der Waals surface area contributed by atoms with Gasteiger partial charge in [-0.05, 0) is 6.42 Å². The smallest absolute Gasteiger partial charge is 0.334 e. The summed E-state index contributed by atoms with van der Waals surface area (Å²) in [6.07, 6.45) is 3.51. The van der Waals surface area contributed by atoms with Crippen molar-refractivity contribution in [3.05, 3.63) is 12.7 Å². The topological polar surface area (TPSA) is 26.3 Å². The number of carbonyl (C=O) groups excluding carboxylic acids is 1. The number of halogens is 1. The van der Waals surface area contributed by atoms with Crippen molar-refractivity contribution in [3.63, 3.8) is 0 Å². The van der Waals surface area contributed by atoms with E-state index in [-0.39, 0.29) is 23.0 Å². The van der Waals surface area contributed by atoms with E-state index in [0.29, 0.717) is 11.2 Å². The summed E-state index contributed by atoms with van der Waals surface area (Å²) in [6.45, 7) is 6.94. The Morgan fingerprint density at radius 3 is 2.50 bits per heavy atom. The van der Waals surface area contributed by atoms with Gasteiger partial charge in [0.2, 0.25) is 6.73 Å². The van der Waals surface area contributed by atoms with E-state index in [1.165, 1.54) is 6.08 Å². The molecule has 0 fully saturated rings. The average Bonchev–Trinajstić information content (AvgIpc) is 2.11. The molecule has 14 heavy (non-hydrogen) atoms. The first kappa shape index (κ1) is 16.1. The maximum Gasteiger partial charge on any atom is 0.334 e. The Balaban J connectivity index is 0. The van der Waals surface area contributed by atoms with E-state index in [9.17, 15) is 4.79 Å². The third-order valence-corrected chi connectivity index (χ3v) is 1.84. The highest BCUT2D eigenvalue weighted by Crippen LogP contribution is 2.01. The van der Waals surface area contributed by atoms with E-state index in [2.05, 4.69) is 13.5 Å². The van der Waals surface area contributed by atoms with Gasteiger partial charge in [-0.1, -0.05) is 19.9 Å². The molecule has 0 radical (unpaired) electrons. The predicted molar refractivity (Wildman–Crippen MR) is 53.0 cm³/mol. The largest absolute Gasteiger partial charge is 1.00 e.